The summed E-state index contributed by atoms with van der Waals surface area (Å²) < 4.78 is 0. The number of allylic oxidation sites excluding steroid dienone is 4. The van der Waals surface area contributed by atoms with Gasteiger partial charge in [0.2, 0.25) is 0 Å². The third kappa shape index (κ3) is 5.07. The molecule has 80 valence electrons. The van der Waals surface area contributed by atoms with Crippen molar-refractivity contribution in [1.29, 1.82) is 0 Å². The first kappa shape index (κ1) is 12.1. The summed E-state index contributed by atoms with van der Waals surface area (Å²) in [4.78, 5) is 0. The Balaban J connectivity index is 2.41. The van der Waals surface area contributed by atoms with Crippen molar-refractivity contribution in [2.24, 2.45) is 0 Å². The maximum Gasteiger partial charge on any atom is 0.0502 e. The van der Waals surface area contributed by atoms with Crippen LogP contribution in [-0.4, -0.2) is 10.8 Å². The zero-order chi connectivity index (χ0) is 10.2. The summed E-state index contributed by atoms with van der Waals surface area (Å²) in [5, 5.41) is 0.239. The molecule has 0 unspecified atom stereocenters. The minimum Gasteiger partial charge on any atom is -0.121 e. The average Bonchev–Trinajstić information content (AvgIpc) is 2.18. The summed E-state index contributed by atoms with van der Waals surface area (Å²) in [5.41, 5.74) is 0. The predicted molar refractivity (Wildman–Crippen MR) is 65.3 cm³/mol. The Morgan fingerprint density at radius 1 is 0.643 bits per heavy atom. The molecule has 2 heteroatoms. The van der Waals surface area contributed by atoms with Crippen LogP contribution in [-0.2, 0) is 0 Å². The molecule has 0 aromatic carbocycles. The van der Waals surface area contributed by atoms with Crippen LogP contribution >= 0.6 is 23.2 Å². The van der Waals surface area contributed by atoms with Gasteiger partial charge >= 0.3 is 0 Å². The summed E-state index contributed by atoms with van der Waals surface area (Å²) in [5.74, 6) is 0. The van der Waals surface area contributed by atoms with Crippen LogP contribution in [0.15, 0.2) is 24.3 Å². The van der Waals surface area contributed by atoms with E-state index < -0.39 is 0 Å². The van der Waals surface area contributed by atoms with Crippen LogP contribution in [0, 0.1) is 0 Å². The molecule has 0 spiro atoms. The van der Waals surface area contributed by atoms with Crippen molar-refractivity contribution >= 4 is 23.2 Å². The number of rotatable bonds is 0. The number of halogens is 2. The topological polar surface area (TPSA) is 0 Å². The molecule has 0 saturated carbocycles. The van der Waals surface area contributed by atoms with E-state index >= 15 is 0 Å². The molecule has 1 aliphatic carbocycles. The van der Waals surface area contributed by atoms with E-state index in [0.29, 0.717) is 0 Å². The molecule has 0 aromatic rings. The van der Waals surface area contributed by atoms with E-state index in [1.807, 2.05) is 0 Å². The van der Waals surface area contributed by atoms with Gasteiger partial charge in [-0.15, -0.1) is 23.2 Å². The molecule has 0 nitrogen and oxygen atoms in total. The van der Waals surface area contributed by atoms with Crippen molar-refractivity contribution in [2.45, 2.75) is 49.3 Å². The SMILES string of the molecule is Cl[C@@H]1CC/C=C/CC/C=C\CC[C@@H]1Cl. The first-order valence-electron chi connectivity index (χ1n) is 5.39. The zero-order valence-corrected chi connectivity index (χ0v) is 9.97. The number of alkyl halides is 2. The second-order valence-corrected chi connectivity index (χ2v) is 4.83. The van der Waals surface area contributed by atoms with Crippen LogP contribution in [0.1, 0.15) is 38.5 Å². The minimum absolute atomic E-state index is 0.120. The molecule has 0 radical (unpaired) electrons. The van der Waals surface area contributed by atoms with Gasteiger partial charge in [0, 0.05) is 0 Å². The van der Waals surface area contributed by atoms with Crippen molar-refractivity contribution in [2.75, 3.05) is 0 Å². The average molecular weight is 233 g/mol. The van der Waals surface area contributed by atoms with Crippen molar-refractivity contribution in [3.8, 4) is 0 Å². The molecule has 0 fully saturated rings. The number of hydrogen-bond donors (Lipinski definition) is 0. The van der Waals surface area contributed by atoms with Crippen LogP contribution in [0.3, 0.4) is 0 Å². The Morgan fingerprint density at radius 2 is 1.00 bits per heavy atom. The molecular formula is C12H18Cl2. The first-order chi connectivity index (χ1) is 6.80. The first-order valence-corrected chi connectivity index (χ1v) is 6.26. The van der Waals surface area contributed by atoms with Gasteiger partial charge in [0.25, 0.3) is 0 Å². The van der Waals surface area contributed by atoms with Gasteiger partial charge < -0.3 is 0 Å². The van der Waals surface area contributed by atoms with Crippen molar-refractivity contribution in [3.05, 3.63) is 24.3 Å². The monoisotopic (exact) mass is 232 g/mol. The van der Waals surface area contributed by atoms with Crippen molar-refractivity contribution in [1.82, 2.24) is 0 Å². The second kappa shape index (κ2) is 7.36. The summed E-state index contributed by atoms with van der Waals surface area (Å²) >= 11 is 12.3. The van der Waals surface area contributed by atoms with E-state index in [2.05, 4.69) is 24.3 Å². The molecule has 0 bridgehead atoms. The Morgan fingerprint density at radius 3 is 1.43 bits per heavy atom. The van der Waals surface area contributed by atoms with Gasteiger partial charge in [0.1, 0.15) is 0 Å². The maximum absolute atomic E-state index is 6.17. The highest BCUT2D eigenvalue weighted by Gasteiger charge is 2.14. The maximum atomic E-state index is 6.17. The van der Waals surface area contributed by atoms with Crippen LogP contribution in [0.25, 0.3) is 0 Å². The molecule has 0 amide bonds. The highest BCUT2D eigenvalue weighted by atomic mass is 35.5. The smallest absolute Gasteiger partial charge is 0.0502 e. The van der Waals surface area contributed by atoms with E-state index in [1.54, 1.807) is 0 Å². The fourth-order valence-corrected chi connectivity index (χ4v) is 2.04. The molecule has 1 aliphatic rings. The lowest BCUT2D eigenvalue weighted by Gasteiger charge is -2.14. The highest BCUT2D eigenvalue weighted by Crippen LogP contribution is 2.21. The molecule has 0 N–H and O–H groups in total. The van der Waals surface area contributed by atoms with Gasteiger partial charge in [0.05, 0.1) is 10.8 Å². The Hall–Kier alpha value is 0.0600. The van der Waals surface area contributed by atoms with Crippen LogP contribution in [0.5, 0.6) is 0 Å². The standard InChI is InChI=1S/C12H18Cl2/c13-11-9-7-5-3-1-2-4-6-8-10-12(11)14/h3-6,11-12H,1-2,7-10H2/b5-3-,6-4+/t11-,12+/m0/s1. The van der Waals surface area contributed by atoms with E-state index in [4.69, 9.17) is 23.2 Å². The van der Waals surface area contributed by atoms with E-state index in [-0.39, 0.29) is 10.8 Å². The fourth-order valence-electron chi connectivity index (χ4n) is 1.54. The highest BCUT2D eigenvalue weighted by molar-refractivity contribution is 6.29. The molecule has 0 heterocycles. The fraction of sp³-hybridized carbons (Fsp3) is 0.667. The molecular weight excluding hydrogens is 215 g/mol. The lowest BCUT2D eigenvalue weighted by atomic mass is 10.1. The Bertz CT molecular complexity index is 174. The Kier molecular flexibility index (Phi) is 6.38. The van der Waals surface area contributed by atoms with Crippen molar-refractivity contribution in [3.63, 3.8) is 0 Å². The predicted octanol–water partition coefficient (Wildman–Crippen LogP) is 4.67. The molecule has 2 atom stereocenters. The van der Waals surface area contributed by atoms with E-state index in [1.165, 1.54) is 0 Å². The van der Waals surface area contributed by atoms with Gasteiger partial charge in [0.15, 0.2) is 0 Å². The molecule has 0 saturated heterocycles. The van der Waals surface area contributed by atoms with Gasteiger partial charge in [-0.05, 0) is 38.5 Å². The summed E-state index contributed by atoms with van der Waals surface area (Å²) in [6.45, 7) is 0. The van der Waals surface area contributed by atoms with E-state index in [0.717, 1.165) is 38.5 Å². The lowest BCUT2D eigenvalue weighted by molar-refractivity contribution is 0.666. The minimum atomic E-state index is 0.120. The Labute approximate surface area is 97.0 Å². The zero-order valence-electron chi connectivity index (χ0n) is 8.46. The van der Waals surface area contributed by atoms with Gasteiger partial charge in [-0.25, -0.2) is 0 Å². The quantitative estimate of drug-likeness (QED) is 0.421. The van der Waals surface area contributed by atoms with Crippen LogP contribution in [0.4, 0.5) is 0 Å². The van der Waals surface area contributed by atoms with Crippen LogP contribution in [0.2, 0.25) is 0 Å². The normalized spacial score (nSPS) is 35.3. The van der Waals surface area contributed by atoms with Gasteiger partial charge in [-0.3, -0.25) is 0 Å². The summed E-state index contributed by atoms with van der Waals surface area (Å²) in [6.07, 6.45) is 15.3. The lowest BCUT2D eigenvalue weighted by Crippen LogP contribution is -2.14. The van der Waals surface area contributed by atoms with Crippen LogP contribution < -0.4 is 0 Å². The third-order valence-electron chi connectivity index (χ3n) is 2.44. The van der Waals surface area contributed by atoms with Gasteiger partial charge in [-0.1, -0.05) is 24.3 Å². The largest absolute Gasteiger partial charge is 0.121 e. The molecule has 1 rings (SSSR count). The summed E-state index contributed by atoms with van der Waals surface area (Å²) in [6, 6.07) is 0. The second-order valence-electron chi connectivity index (χ2n) is 3.71. The van der Waals surface area contributed by atoms with Gasteiger partial charge in [-0.2, -0.15) is 0 Å². The number of hydrogen-bond acceptors (Lipinski definition) is 0. The summed E-state index contributed by atoms with van der Waals surface area (Å²) in [7, 11) is 0. The molecule has 14 heavy (non-hydrogen) atoms. The molecule has 0 aliphatic heterocycles. The van der Waals surface area contributed by atoms with Crippen molar-refractivity contribution < 1.29 is 0 Å². The third-order valence-corrected chi connectivity index (χ3v) is 3.62. The van der Waals surface area contributed by atoms with E-state index in [9.17, 15) is 0 Å². The molecule has 0 aromatic heterocycles.